The van der Waals surface area contributed by atoms with Crippen LogP contribution in [0.4, 0.5) is 5.69 Å². The molecule has 0 radical (unpaired) electrons. The van der Waals surface area contributed by atoms with Crippen LogP contribution in [0.15, 0.2) is 64.4 Å². The van der Waals surface area contributed by atoms with E-state index in [1.165, 1.54) is 35.2 Å². The number of aliphatic imine (C=N–C) groups is 1. The van der Waals surface area contributed by atoms with Gasteiger partial charge in [0.1, 0.15) is 0 Å². The van der Waals surface area contributed by atoms with Gasteiger partial charge in [-0.15, -0.1) is 0 Å². The number of nitro groups is 1. The summed E-state index contributed by atoms with van der Waals surface area (Å²) in [5, 5.41) is 23.8. The third kappa shape index (κ3) is 4.01. The Morgan fingerprint density at radius 1 is 1.22 bits per heavy atom. The third-order valence-corrected chi connectivity index (χ3v) is 4.12. The smallest absolute Gasteiger partial charge is 0.280 e. The fourth-order valence-corrected chi connectivity index (χ4v) is 2.64. The fraction of sp³-hybridized carbons (Fsp3) is 0.158. The lowest BCUT2D eigenvalue weighted by molar-refractivity contribution is -0.384. The maximum absolute atomic E-state index is 12.6. The van der Waals surface area contributed by atoms with Crippen LogP contribution in [0.2, 0.25) is 0 Å². The molecule has 3 aromatic rings. The van der Waals surface area contributed by atoms with Crippen LogP contribution in [-0.2, 0) is 0 Å². The van der Waals surface area contributed by atoms with Crippen molar-refractivity contribution in [2.24, 2.45) is 4.99 Å². The maximum atomic E-state index is 12.6. The van der Waals surface area contributed by atoms with Crippen LogP contribution in [0.25, 0.3) is 5.69 Å². The molecular formula is C19H18N4O4. The van der Waals surface area contributed by atoms with Gasteiger partial charge >= 0.3 is 0 Å². The summed E-state index contributed by atoms with van der Waals surface area (Å²) >= 11 is 0. The molecule has 8 heteroatoms. The Kier molecular flexibility index (Phi) is 5.28. The number of non-ortho nitro benzene ring substituents is 1. The molecule has 27 heavy (non-hydrogen) atoms. The molecule has 0 amide bonds. The number of nitrogens with zero attached hydrogens (tertiary/aromatic N) is 3. The molecule has 138 valence electrons. The Labute approximate surface area is 154 Å². The van der Waals surface area contributed by atoms with Crippen molar-refractivity contribution < 1.29 is 10.0 Å². The number of hydrogen-bond donors (Lipinski definition) is 2. The normalized spacial score (nSPS) is 12.4. The second-order valence-corrected chi connectivity index (χ2v) is 5.99. The highest BCUT2D eigenvalue weighted by atomic mass is 16.6. The lowest BCUT2D eigenvalue weighted by Crippen LogP contribution is -2.17. The van der Waals surface area contributed by atoms with Gasteiger partial charge in [0, 0.05) is 24.0 Å². The first-order valence-corrected chi connectivity index (χ1v) is 8.26. The van der Waals surface area contributed by atoms with E-state index in [-0.39, 0.29) is 17.8 Å². The Hall–Kier alpha value is -3.52. The van der Waals surface area contributed by atoms with Crippen LogP contribution in [0.1, 0.15) is 22.9 Å². The van der Waals surface area contributed by atoms with Crippen LogP contribution < -0.4 is 5.56 Å². The molecular weight excluding hydrogens is 348 g/mol. The Morgan fingerprint density at radius 3 is 2.52 bits per heavy atom. The van der Waals surface area contributed by atoms with Crippen LogP contribution in [0, 0.1) is 17.0 Å². The summed E-state index contributed by atoms with van der Waals surface area (Å²) in [6, 6.07) is 14.8. The average molecular weight is 366 g/mol. The molecule has 0 aliphatic heterocycles. The zero-order valence-electron chi connectivity index (χ0n) is 14.6. The number of rotatable bonds is 6. The molecule has 0 fully saturated rings. The summed E-state index contributed by atoms with van der Waals surface area (Å²) in [7, 11) is 0. The highest BCUT2D eigenvalue weighted by molar-refractivity contribution is 5.80. The molecule has 0 aliphatic carbocycles. The van der Waals surface area contributed by atoms with Crippen molar-refractivity contribution in [2.45, 2.75) is 13.0 Å². The number of H-pyrrole nitrogens is 1. The first-order chi connectivity index (χ1) is 13.0. The van der Waals surface area contributed by atoms with Crippen LogP contribution in [0.3, 0.4) is 0 Å². The van der Waals surface area contributed by atoms with Crippen LogP contribution >= 0.6 is 0 Å². The quantitative estimate of drug-likeness (QED) is 0.396. The van der Waals surface area contributed by atoms with Gasteiger partial charge in [-0.3, -0.25) is 25.0 Å². The van der Waals surface area contributed by atoms with Gasteiger partial charge in [0.15, 0.2) is 0 Å². The van der Waals surface area contributed by atoms with Crippen molar-refractivity contribution >= 4 is 11.9 Å². The molecule has 2 aromatic carbocycles. The average Bonchev–Trinajstić information content (AvgIpc) is 2.97. The largest absolute Gasteiger partial charge is 0.386 e. The molecule has 0 saturated carbocycles. The van der Waals surface area contributed by atoms with E-state index in [4.69, 9.17) is 0 Å². The number of benzene rings is 2. The number of hydrogen-bond acceptors (Lipinski definition) is 5. The lowest BCUT2D eigenvalue weighted by atomic mass is 10.1. The number of aromatic nitrogens is 2. The minimum absolute atomic E-state index is 0.0493. The predicted octanol–water partition coefficient (Wildman–Crippen LogP) is 2.53. The first kappa shape index (κ1) is 18.3. The van der Waals surface area contributed by atoms with Crippen molar-refractivity contribution in [2.75, 3.05) is 6.54 Å². The first-order valence-electron chi connectivity index (χ1n) is 8.26. The zero-order valence-corrected chi connectivity index (χ0v) is 14.6. The van der Waals surface area contributed by atoms with Gasteiger partial charge in [-0.2, -0.15) is 0 Å². The Balaban J connectivity index is 1.79. The highest BCUT2D eigenvalue weighted by Crippen LogP contribution is 2.15. The minimum atomic E-state index is -0.751. The monoisotopic (exact) mass is 366 g/mol. The molecule has 0 bridgehead atoms. The summed E-state index contributed by atoms with van der Waals surface area (Å²) < 4.78 is 1.30. The van der Waals surface area contributed by atoms with Gasteiger partial charge in [0.05, 0.1) is 28.8 Å². The second-order valence-electron chi connectivity index (χ2n) is 5.99. The van der Waals surface area contributed by atoms with Crippen molar-refractivity contribution in [1.29, 1.82) is 0 Å². The molecule has 8 nitrogen and oxygen atoms in total. The van der Waals surface area contributed by atoms with E-state index in [1.54, 1.807) is 6.92 Å². The molecule has 1 heterocycles. The topological polar surface area (TPSA) is 114 Å². The van der Waals surface area contributed by atoms with Gasteiger partial charge in [-0.1, -0.05) is 30.3 Å². The molecule has 0 aliphatic rings. The number of nitrogens with one attached hydrogen (secondary N) is 1. The molecule has 1 aromatic heterocycles. The van der Waals surface area contributed by atoms with Crippen molar-refractivity contribution in [3.63, 3.8) is 0 Å². The molecule has 3 rings (SSSR count). The SMILES string of the molecule is Cc1[nH]n(-c2ccc([N+](=O)[O-])cc2)c(=O)c1C=NC[C@@H](O)c1ccccc1. The predicted molar refractivity (Wildman–Crippen MR) is 102 cm³/mol. The van der Waals surface area contributed by atoms with E-state index >= 15 is 0 Å². The number of aliphatic hydroxyl groups is 1. The fourth-order valence-electron chi connectivity index (χ4n) is 2.64. The van der Waals surface area contributed by atoms with E-state index in [1.807, 2.05) is 30.3 Å². The zero-order chi connectivity index (χ0) is 19.4. The van der Waals surface area contributed by atoms with E-state index in [9.17, 15) is 20.0 Å². The van der Waals surface area contributed by atoms with Gasteiger partial charge in [-0.25, -0.2) is 4.68 Å². The Morgan fingerprint density at radius 2 is 1.89 bits per heavy atom. The lowest BCUT2D eigenvalue weighted by Gasteiger charge is -2.06. The van der Waals surface area contributed by atoms with Gasteiger partial charge in [0.2, 0.25) is 0 Å². The number of nitro benzene ring substituents is 1. The minimum Gasteiger partial charge on any atom is -0.386 e. The van der Waals surface area contributed by atoms with Gasteiger partial charge in [-0.05, 0) is 24.6 Å². The summed E-state index contributed by atoms with van der Waals surface area (Å²) in [6.07, 6.45) is 0.681. The molecule has 0 unspecified atom stereocenters. The molecule has 2 N–H and O–H groups in total. The van der Waals surface area contributed by atoms with Gasteiger partial charge in [0.25, 0.3) is 11.2 Å². The summed E-state index contributed by atoms with van der Waals surface area (Å²) in [6.45, 7) is 1.86. The molecule has 0 spiro atoms. The number of aryl methyl sites for hydroxylation is 1. The highest BCUT2D eigenvalue weighted by Gasteiger charge is 2.12. The Bertz CT molecular complexity index is 1020. The number of aliphatic hydroxyl groups excluding tert-OH is 1. The summed E-state index contributed by atoms with van der Waals surface area (Å²) in [5.41, 5.74) is 1.84. The summed E-state index contributed by atoms with van der Waals surface area (Å²) in [4.78, 5) is 27.0. The van der Waals surface area contributed by atoms with Crippen LogP contribution in [0.5, 0.6) is 0 Å². The number of aromatic amines is 1. The van der Waals surface area contributed by atoms with E-state index < -0.39 is 11.0 Å². The van der Waals surface area contributed by atoms with E-state index in [0.29, 0.717) is 16.9 Å². The van der Waals surface area contributed by atoms with Crippen molar-refractivity contribution in [3.05, 3.63) is 91.9 Å². The van der Waals surface area contributed by atoms with Gasteiger partial charge < -0.3 is 5.11 Å². The standard InChI is InChI=1S/C19H18N4O4/c1-13-17(11-20-12-18(24)14-5-3-2-4-6-14)19(25)22(21-13)15-7-9-16(10-8-15)23(26)27/h2-11,18,21,24H,12H2,1H3/t18-/m1/s1. The second kappa shape index (κ2) is 7.79. The summed E-state index contributed by atoms with van der Waals surface area (Å²) in [5.74, 6) is 0. The van der Waals surface area contributed by atoms with E-state index in [2.05, 4.69) is 10.1 Å². The van der Waals surface area contributed by atoms with Crippen molar-refractivity contribution in [1.82, 2.24) is 9.78 Å². The van der Waals surface area contributed by atoms with E-state index in [0.717, 1.165) is 5.56 Å². The maximum Gasteiger partial charge on any atom is 0.280 e. The van der Waals surface area contributed by atoms with Crippen LogP contribution in [-0.4, -0.2) is 32.6 Å². The van der Waals surface area contributed by atoms with Crippen molar-refractivity contribution in [3.8, 4) is 5.69 Å². The third-order valence-electron chi connectivity index (χ3n) is 4.12. The molecule has 1 atom stereocenters. The molecule has 0 saturated heterocycles.